The maximum atomic E-state index is 12.6. The van der Waals surface area contributed by atoms with Gasteiger partial charge in [-0.25, -0.2) is 4.79 Å². The van der Waals surface area contributed by atoms with Crippen LogP contribution in [0.4, 0.5) is 10.5 Å². The monoisotopic (exact) mass is 353 g/mol. The Morgan fingerprint density at radius 2 is 2.08 bits per heavy atom. The number of nitrogens with zero attached hydrogens (tertiary/aromatic N) is 2. The first-order chi connectivity index (χ1) is 12.5. The van der Waals surface area contributed by atoms with Gasteiger partial charge in [-0.3, -0.25) is 9.69 Å². The number of carbonyl (C=O) groups is 2. The number of ether oxygens (including phenoxy) is 1. The van der Waals surface area contributed by atoms with Gasteiger partial charge in [-0.1, -0.05) is 12.1 Å². The zero-order valence-corrected chi connectivity index (χ0v) is 15.1. The average Bonchev–Trinajstić information content (AvgIpc) is 3.29. The van der Waals surface area contributed by atoms with Crippen molar-refractivity contribution in [2.24, 2.45) is 0 Å². The summed E-state index contributed by atoms with van der Waals surface area (Å²) in [4.78, 5) is 25.9. The quantitative estimate of drug-likeness (QED) is 0.897. The number of amides is 2. The molecule has 2 heterocycles. The Kier molecular flexibility index (Phi) is 4.18. The van der Waals surface area contributed by atoms with Crippen molar-refractivity contribution in [3.8, 4) is 0 Å². The van der Waals surface area contributed by atoms with Crippen molar-refractivity contribution in [3.63, 3.8) is 0 Å². The minimum absolute atomic E-state index is 0.0593. The van der Waals surface area contributed by atoms with E-state index in [1.54, 1.807) is 4.90 Å². The molecule has 136 valence electrons. The summed E-state index contributed by atoms with van der Waals surface area (Å²) < 4.78 is 7.25. The number of rotatable bonds is 5. The number of carbonyl (C=O) groups excluding carboxylic acids is 2. The maximum Gasteiger partial charge on any atom is 0.414 e. The Morgan fingerprint density at radius 3 is 2.77 bits per heavy atom. The Labute approximate surface area is 152 Å². The Bertz CT molecular complexity index is 867. The first-order valence-corrected chi connectivity index (χ1v) is 9.04. The topological polar surface area (TPSA) is 63.6 Å². The molecule has 4 rings (SSSR count). The van der Waals surface area contributed by atoms with Crippen LogP contribution in [0.2, 0.25) is 0 Å². The van der Waals surface area contributed by atoms with Crippen molar-refractivity contribution in [2.75, 3.05) is 18.1 Å². The molecule has 1 aromatic carbocycles. The maximum absolute atomic E-state index is 12.6. The third-order valence-electron chi connectivity index (χ3n) is 5.08. The van der Waals surface area contributed by atoms with E-state index in [-0.39, 0.29) is 12.0 Å². The summed E-state index contributed by atoms with van der Waals surface area (Å²) in [7, 11) is 0. The molecule has 0 bridgehead atoms. The fourth-order valence-corrected chi connectivity index (χ4v) is 3.64. The van der Waals surface area contributed by atoms with Crippen molar-refractivity contribution in [1.82, 2.24) is 9.88 Å². The molecule has 0 atom stereocenters. The van der Waals surface area contributed by atoms with Gasteiger partial charge in [0.2, 0.25) is 0 Å². The molecular formula is C20H23N3O3. The van der Waals surface area contributed by atoms with Crippen LogP contribution in [0.15, 0.2) is 30.3 Å². The van der Waals surface area contributed by atoms with E-state index in [4.69, 9.17) is 4.74 Å². The number of aryl methyl sites for hydroxylation is 1. The Hall–Kier alpha value is -2.76. The number of hydrogen-bond acceptors (Lipinski definition) is 3. The highest BCUT2D eigenvalue weighted by Crippen LogP contribution is 2.38. The van der Waals surface area contributed by atoms with Crippen LogP contribution in [0.1, 0.15) is 46.2 Å². The molecule has 1 saturated heterocycles. The second-order valence-corrected chi connectivity index (χ2v) is 7.00. The molecule has 0 spiro atoms. The lowest BCUT2D eigenvalue weighted by Crippen LogP contribution is -2.25. The Balaban J connectivity index is 1.45. The lowest BCUT2D eigenvalue weighted by Gasteiger charge is -2.14. The van der Waals surface area contributed by atoms with Crippen molar-refractivity contribution >= 4 is 17.7 Å². The average molecular weight is 353 g/mol. The molecule has 2 fully saturated rings. The van der Waals surface area contributed by atoms with Gasteiger partial charge < -0.3 is 14.6 Å². The van der Waals surface area contributed by atoms with Gasteiger partial charge >= 0.3 is 6.09 Å². The molecule has 0 radical (unpaired) electrons. The zero-order chi connectivity index (χ0) is 18.3. The molecule has 0 unspecified atom stereocenters. The van der Waals surface area contributed by atoms with Crippen molar-refractivity contribution in [1.29, 1.82) is 0 Å². The number of anilines is 1. The second kappa shape index (κ2) is 6.52. The predicted octanol–water partition coefficient (Wildman–Crippen LogP) is 3.33. The van der Waals surface area contributed by atoms with Crippen molar-refractivity contribution in [3.05, 3.63) is 52.8 Å². The molecule has 1 N–H and O–H groups in total. The van der Waals surface area contributed by atoms with Gasteiger partial charge in [0.25, 0.3) is 5.91 Å². The van der Waals surface area contributed by atoms with Crippen LogP contribution in [0.3, 0.4) is 0 Å². The summed E-state index contributed by atoms with van der Waals surface area (Å²) in [5, 5.41) is 3.00. The second-order valence-electron chi connectivity index (χ2n) is 7.00. The lowest BCUT2D eigenvalue weighted by atomic mass is 10.1. The van der Waals surface area contributed by atoms with Crippen LogP contribution in [0.25, 0.3) is 0 Å². The summed E-state index contributed by atoms with van der Waals surface area (Å²) in [6.07, 6.45) is 2.07. The van der Waals surface area contributed by atoms with E-state index < -0.39 is 0 Å². The van der Waals surface area contributed by atoms with Crippen LogP contribution in [-0.4, -0.2) is 29.7 Å². The van der Waals surface area contributed by atoms with Gasteiger partial charge in [-0.05, 0) is 50.5 Å². The van der Waals surface area contributed by atoms with Crippen LogP contribution in [-0.2, 0) is 11.3 Å². The molecule has 6 heteroatoms. The van der Waals surface area contributed by atoms with Gasteiger partial charge in [-0.15, -0.1) is 0 Å². The van der Waals surface area contributed by atoms with E-state index in [0.29, 0.717) is 25.7 Å². The molecule has 2 aliphatic rings. The van der Waals surface area contributed by atoms with E-state index in [9.17, 15) is 9.59 Å². The zero-order valence-electron chi connectivity index (χ0n) is 15.1. The van der Waals surface area contributed by atoms with Crippen LogP contribution in [0, 0.1) is 13.8 Å². The molecule has 1 aromatic heterocycles. The third-order valence-corrected chi connectivity index (χ3v) is 5.08. The van der Waals surface area contributed by atoms with Crippen LogP contribution < -0.4 is 10.2 Å². The van der Waals surface area contributed by atoms with E-state index in [0.717, 1.165) is 28.2 Å². The minimum Gasteiger partial charge on any atom is -0.447 e. The van der Waals surface area contributed by atoms with E-state index >= 15 is 0 Å². The first-order valence-electron chi connectivity index (χ1n) is 9.04. The number of cyclic esters (lactones) is 1. The summed E-state index contributed by atoms with van der Waals surface area (Å²) >= 11 is 0. The molecular weight excluding hydrogens is 330 g/mol. The van der Waals surface area contributed by atoms with Gasteiger partial charge in [-0.2, -0.15) is 0 Å². The Morgan fingerprint density at radius 1 is 1.27 bits per heavy atom. The van der Waals surface area contributed by atoms with E-state index in [2.05, 4.69) is 16.8 Å². The number of hydrogen-bond donors (Lipinski definition) is 1. The van der Waals surface area contributed by atoms with E-state index in [1.807, 2.05) is 37.3 Å². The number of benzene rings is 1. The summed E-state index contributed by atoms with van der Waals surface area (Å²) in [6.45, 7) is 5.46. The van der Waals surface area contributed by atoms with Crippen molar-refractivity contribution in [2.45, 2.75) is 39.3 Å². The third kappa shape index (κ3) is 3.07. The van der Waals surface area contributed by atoms with E-state index in [1.165, 1.54) is 12.8 Å². The smallest absolute Gasteiger partial charge is 0.414 e. The SMILES string of the molecule is Cc1cc(C(=O)NCc2cccc(N3CCOC3=O)c2)c(C)n1C1CC1. The van der Waals surface area contributed by atoms with Gasteiger partial charge in [0.05, 0.1) is 12.1 Å². The fraction of sp³-hybridized carbons (Fsp3) is 0.400. The fourth-order valence-electron chi connectivity index (χ4n) is 3.64. The highest BCUT2D eigenvalue weighted by atomic mass is 16.6. The molecule has 26 heavy (non-hydrogen) atoms. The summed E-state index contributed by atoms with van der Waals surface area (Å²) in [5.74, 6) is -0.0593. The van der Waals surface area contributed by atoms with Gasteiger partial charge in [0.1, 0.15) is 6.61 Å². The predicted molar refractivity (Wildman–Crippen MR) is 98.5 cm³/mol. The van der Waals surface area contributed by atoms with Gasteiger partial charge in [0.15, 0.2) is 0 Å². The summed E-state index contributed by atoms with van der Waals surface area (Å²) in [6, 6.07) is 10.2. The molecule has 6 nitrogen and oxygen atoms in total. The molecule has 2 amide bonds. The number of aromatic nitrogens is 1. The number of nitrogens with one attached hydrogen (secondary N) is 1. The van der Waals surface area contributed by atoms with Crippen LogP contribution in [0.5, 0.6) is 0 Å². The van der Waals surface area contributed by atoms with Gasteiger partial charge in [0, 0.05) is 29.7 Å². The molecule has 1 saturated carbocycles. The normalized spacial score (nSPS) is 16.7. The minimum atomic E-state index is -0.321. The molecule has 2 aromatic rings. The van der Waals surface area contributed by atoms with Crippen LogP contribution >= 0.6 is 0 Å². The van der Waals surface area contributed by atoms with Crippen molar-refractivity contribution < 1.29 is 14.3 Å². The highest BCUT2D eigenvalue weighted by molar-refractivity contribution is 5.95. The molecule has 1 aliphatic carbocycles. The highest BCUT2D eigenvalue weighted by Gasteiger charge is 2.28. The first kappa shape index (κ1) is 16.7. The lowest BCUT2D eigenvalue weighted by molar-refractivity contribution is 0.0950. The molecule has 1 aliphatic heterocycles. The standard InChI is InChI=1S/C20H23N3O3/c1-13-10-18(14(2)23(13)16-6-7-16)19(24)21-12-15-4-3-5-17(11-15)22-8-9-26-20(22)25/h3-5,10-11,16H,6-9,12H2,1-2H3,(H,21,24). The summed E-state index contributed by atoms with van der Waals surface area (Å²) in [5.41, 5.74) is 4.67. The largest absolute Gasteiger partial charge is 0.447 e.